The zero-order chi connectivity index (χ0) is 10.7. The van der Waals surface area contributed by atoms with Gasteiger partial charge in [0.1, 0.15) is 10.9 Å². The molecule has 0 aliphatic heterocycles. The Kier molecular flexibility index (Phi) is 2.77. The maximum absolute atomic E-state index is 5.63. The van der Waals surface area contributed by atoms with Crippen LogP contribution < -0.4 is 4.74 Å². The molecular weight excluding hydrogens is 218 g/mol. The second-order valence-electron chi connectivity index (χ2n) is 2.80. The Morgan fingerprint density at radius 3 is 2.93 bits per heavy atom. The first-order chi connectivity index (χ1) is 7.24. The Hall–Kier alpha value is -1.69. The number of halogens is 1. The number of pyridine rings is 1. The van der Waals surface area contributed by atoms with Gasteiger partial charge in [0, 0.05) is 0 Å². The van der Waals surface area contributed by atoms with E-state index in [0.29, 0.717) is 16.7 Å². The topological polar surface area (TPSA) is 65.7 Å². The van der Waals surface area contributed by atoms with Crippen LogP contribution in [0.15, 0.2) is 18.3 Å². The first-order valence-electron chi connectivity index (χ1n) is 4.21. The standard InChI is InChI=1S/C8H8ClN5O/c1-14-12-8(11-13-14)5-15-6-2-3-7(9)10-4-6/h2-4H,5H2,1H3. The zero-order valence-corrected chi connectivity index (χ0v) is 8.72. The lowest BCUT2D eigenvalue weighted by atomic mass is 10.5. The summed E-state index contributed by atoms with van der Waals surface area (Å²) in [5, 5.41) is 11.9. The molecule has 78 valence electrons. The van der Waals surface area contributed by atoms with Gasteiger partial charge in [-0.2, -0.15) is 4.80 Å². The zero-order valence-electron chi connectivity index (χ0n) is 7.96. The van der Waals surface area contributed by atoms with Crippen molar-refractivity contribution in [3.63, 3.8) is 0 Å². The quantitative estimate of drug-likeness (QED) is 0.725. The fraction of sp³-hybridized carbons (Fsp3) is 0.250. The number of aromatic nitrogens is 5. The van der Waals surface area contributed by atoms with E-state index in [2.05, 4.69) is 20.4 Å². The van der Waals surface area contributed by atoms with Gasteiger partial charge >= 0.3 is 0 Å². The molecule has 7 heteroatoms. The molecule has 0 N–H and O–H groups in total. The smallest absolute Gasteiger partial charge is 0.212 e. The van der Waals surface area contributed by atoms with E-state index in [9.17, 15) is 0 Å². The van der Waals surface area contributed by atoms with Crippen LogP contribution in [0.5, 0.6) is 5.75 Å². The molecule has 0 fully saturated rings. The first kappa shape index (κ1) is 9.85. The third kappa shape index (κ3) is 2.63. The van der Waals surface area contributed by atoms with Gasteiger partial charge in [0.15, 0.2) is 6.61 Å². The highest BCUT2D eigenvalue weighted by atomic mass is 35.5. The summed E-state index contributed by atoms with van der Waals surface area (Å²) in [6, 6.07) is 3.38. The van der Waals surface area contributed by atoms with Gasteiger partial charge in [0.05, 0.1) is 13.2 Å². The second-order valence-corrected chi connectivity index (χ2v) is 3.19. The molecule has 0 spiro atoms. The SMILES string of the molecule is Cn1nnc(COc2ccc(Cl)nc2)n1. The fourth-order valence-corrected chi connectivity index (χ4v) is 1.09. The van der Waals surface area contributed by atoms with Crippen LogP contribution in [0.3, 0.4) is 0 Å². The van der Waals surface area contributed by atoms with Crippen LogP contribution in [0, 0.1) is 0 Å². The molecule has 0 saturated carbocycles. The molecule has 2 rings (SSSR count). The van der Waals surface area contributed by atoms with Crippen molar-refractivity contribution in [2.75, 3.05) is 0 Å². The number of ether oxygens (including phenoxy) is 1. The molecule has 0 bridgehead atoms. The van der Waals surface area contributed by atoms with Crippen LogP contribution in [0.2, 0.25) is 5.15 Å². The highest BCUT2D eigenvalue weighted by molar-refractivity contribution is 6.29. The molecule has 6 nitrogen and oxygen atoms in total. The molecule has 15 heavy (non-hydrogen) atoms. The molecule has 0 atom stereocenters. The Morgan fingerprint density at radius 2 is 2.33 bits per heavy atom. The minimum Gasteiger partial charge on any atom is -0.484 e. The van der Waals surface area contributed by atoms with Gasteiger partial charge in [-0.3, -0.25) is 0 Å². The molecule has 2 heterocycles. The van der Waals surface area contributed by atoms with Crippen molar-refractivity contribution in [1.82, 2.24) is 25.2 Å². The van der Waals surface area contributed by atoms with Crippen molar-refractivity contribution < 1.29 is 4.74 Å². The van der Waals surface area contributed by atoms with E-state index in [0.717, 1.165) is 0 Å². The number of nitrogens with zero attached hydrogens (tertiary/aromatic N) is 5. The van der Waals surface area contributed by atoms with E-state index in [1.807, 2.05) is 0 Å². The predicted octanol–water partition coefficient (Wildman–Crippen LogP) is 0.837. The van der Waals surface area contributed by atoms with Crippen molar-refractivity contribution in [1.29, 1.82) is 0 Å². The van der Waals surface area contributed by atoms with Crippen molar-refractivity contribution in [2.24, 2.45) is 7.05 Å². The number of aryl methyl sites for hydroxylation is 1. The Balaban J connectivity index is 1.96. The molecule has 0 aliphatic rings. The summed E-state index contributed by atoms with van der Waals surface area (Å²) in [7, 11) is 1.69. The number of hydrogen-bond acceptors (Lipinski definition) is 5. The van der Waals surface area contributed by atoms with Gasteiger partial charge in [0.2, 0.25) is 5.82 Å². The monoisotopic (exact) mass is 225 g/mol. The molecule has 2 aromatic heterocycles. The summed E-state index contributed by atoms with van der Waals surface area (Å²) >= 11 is 5.63. The molecule has 0 amide bonds. The summed E-state index contributed by atoms with van der Waals surface area (Å²) < 4.78 is 5.36. The van der Waals surface area contributed by atoms with E-state index in [1.165, 1.54) is 4.80 Å². The minimum atomic E-state index is 0.261. The molecular formula is C8H8ClN5O. The van der Waals surface area contributed by atoms with Gasteiger partial charge in [0.25, 0.3) is 0 Å². The van der Waals surface area contributed by atoms with E-state index in [4.69, 9.17) is 16.3 Å². The summed E-state index contributed by atoms with van der Waals surface area (Å²) in [5.41, 5.74) is 0. The average Bonchev–Trinajstić information content (AvgIpc) is 2.64. The van der Waals surface area contributed by atoms with Crippen LogP contribution in [-0.2, 0) is 13.7 Å². The fourth-order valence-electron chi connectivity index (χ4n) is 0.977. The summed E-state index contributed by atoms with van der Waals surface area (Å²) in [6.45, 7) is 0.261. The number of rotatable bonds is 3. The molecule has 0 radical (unpaired) electrons. The molecule has 0 unspecified atom stereocenters. The molecule has 0 aliphatic carbocycles. The minimum absolute atomic E-state index is 0.261. The Labute approximate surface area is 90.8 Å². The van der Waals surface area contributed by atoms with Gasteiger partial charge in [-0.05, 0) is 17.3 Å². The van der Waals surface area contributed by atoms with Crippen LogP contribution in [-0.4, -0.2) is 25.2 Å². The Bertz CT molecular complexity index is 441. The van der Waals surface area contributed by atoms with Crippen LogP contribution in [0.25, 0.3) is 0 Å². The maximum Gasteiger partial charge on any atom is 0.212 e. The first-order valence-corrected chi connectivity index (χ1v) is 4.59. The van der Waals surface area contributed by atoms with E-state index >= 15 is 0 Å². The van der Waals surface area contributed by atoms with Crippen LogP contribution >= 0.6 is 11.6 Å². The van der Waals surface area contributed by atoms with Crippen LogP contribution in [0.4, 0.5) is 0 Å². The highest BCUT2D eigenvalue weighted by Crippen LogP contribution is 2.12. The summed E-state index contributed by atoms with van der Waals surface area (Å²) in [4.78, 5) is 5.25. The third-order valence-corrected chi connectivity index (χ3v) is 1.84. The van der Waals surface area contributed by atoms with Crippen molar-refractivity contribution >= 4 is 11.6 Å². The number of tetrazole rings is 1. The van der Waals surface area contributed by atoms with Gasteiger partial charge < -0.3 is 4.74 Å². The lowest BCUT2D eigenvalue weighted by molar-refractivity contribution is 0.294. The maximum atomic E-state index is 5.63. The second kappa shape index (κ2) is 4.22. The summed E-state index contributed by atoms with van der Waals surface area (Å²) in [5.74, 6) is 1.14. The molecule has 0 saturated heterocycles. The van der Waals surface area contributed by atoms with Gasteiger partial charge in [-0.25, -0.2) is 4.98 Å². The number of hydrogen-bond donors (Lipinski definition) is 0. The highest BCUT2D eigenvalue weighted by Gasteiger charge is 2.01. The van der Waals surface area contributed by atoms with Crippen molar-refractivity contribution in [3.8, 4) is 5.75 Å². The normalized spacial score (nSPS) is 10.3. The largest absolute Gasteiger partial charge is 0.484 e. The summed E-state index contributed by atoms with van der Waals surface area (Å²) in [6.07, 6.45) is 1.54. The predicted molar refractivity (Wildman–Crippen MR) is 52.4 cm³/mol. The van der Waals surface area contributed by atoms with Gasteiger partial charge in [-0.15, -0.1) is 10.2 Å². The van der Waals surface area contributed by atoms with Crippen molar-refractivity contribution in [2.45, 2.75) is 6.61 Å². The van der Waals surface area contributed by atoms with Crippen molar-refractivity contribution in [3.05, 3.63) is 29.3 Å². The van der Waals surface area contributed by atoms with Gasteiger partial charge in [-0.1, -0.05) is 11.6 Å². The molecule has 0 aromatic carbocycles. The lowest BCUT2D eigenvalue weighted by Crippen LogP contribution is -1.99. The van der Waals surface area contributed by atoms with E-state index in [-0.39, 0.29) is 6.61 Å². The van der Waals surface area contributed by atoms with Crippen LogP contribution in [0.1, 0.15) is 5.82 Å². The Morgan fingerprint density at radius 1 is 1.47 bits per heavy atom. The third-order valence-electron chi connectivity index (χ3n) is 1.62. The van der Waals surface area contributed by atoms with E-state index < -0.39 is 0 Å². The van der Waals surface area contributed by atoms with E-state index in [1.54, 1.807) is 25.4 Å². The average molecular weight is 226 g/mol. The lowest BCUT2D eigenvalue weighted by Gasteiger charge is -2.01. The molecule has 2 aromatic rings.